The molecule has 2 N–H and O–H groups in total. The quantitative estimate of drug-likeness (QED) is 0.443. The number of hydrogen-bond acceptors (Lipinski definition) is 6. The van der Waals surface area contributed by atoms with Crippen molar-refractivity contribution >= 4 is 44.8 Å². The highest BCUT2D eigenvalue weighted by molar-refractivity contribution is 7.89. The van der Waals surface area contributed by atoms with Gasteiger partial charge >= 0.3 is 0 Å². The molecule has 0 saturated heterocycles. The molecule has 9 nitrogen and oxygen atoms in total. The van der Waals surface area contributed by atoms with Gasteiger partial charge in [0.25, 0.3) is 5.56 Å². The maximum atomic E-state index is 12.9. The molecule has 2 aromatic carbocycles. The summed E-state index contributed by atoms with van der Waals surface area (Å²) in [4.78, 5) is 24.5. The highest BCUT2D eigenvalue weighted by atomic mass is 35.5. The van der Waals surface area contributed by atoms with Gasteiger partial charge < -0.3 is 10.1 Å². The number of sulfonamides is 1. The zero-order valence-electron chi connectivity index (χ0n) is 18.3. The van der Waals surface area contributed by atoms with Crippen LogP contribution in [0.3, 0.4) is 0 Å². The summed E-state index contributed by atoms with van der Waals surface area (Å²) in [6.45, 7) is 1.42. The predicted molar refractivity (Wildman–Crippen MR) is 130 cm³/mol. The van der Waals surface area contributed by atoms with E-state index in [1.165, 1.54) is 6.07 Å². The lowest BCUT2D eigenvalue weighted by Gasteiger charge is -2.12. The summed E-state index contributed by atoms with van der Waals surface area (Å²) in [6.07, 6.45) is 1.65. The molecular weight excluding hydrogens is 503 g/mol. The van der Waals surface area contributed by atoms with Gasteiger partial charge in [-0.25, -0.2) is 17.8 Å². The smallest absolute Gasteiger partial charge is 0.287 e. The molecular formula is C22H22Cl2N4O5S. The van der Waals surface area contributed by atoms with E-state index in [-0.39, 0.29) is 27.2 Å². The van der Waals surface area contributed by atoms with Gasteiger partial charge in [0.1, 0.15) is 17.3 Å². The number of nitrogens with one attached hydrogen (secondary N) is 2. The lowest BCUT2D eigenvalue weighted by molar-refractivity contribution is -0.117. The summed E-state index contributed by atoms with van der Waals surface area (Å²) >= 11 is 11.5. The maximum Gasteiger partial charge on any atom is 0.287 e. The van der Waals surface area contributed by atoms with Crippen LogP contribution >= 0.6 is 23.2 Å². The van der Waals surface area contributed by atoms with E-state index in [9.17, 15) is 18.0 Å². The second-order valence-electron chi connectivity index (χ2n) is 7.29. The van der Waals surface area contributed by atoms with Gasteiger partial charge in [-0.3, -0.25) is 9.59 Å². The average molecular weight is 525 g/mol. The zero-order valence-corrected chi connectivity index (χ0v) is 20.7. The second-order valence-corrected chi connectivity index (χ2v) is 9.81. The number of nitrogens with zero attached hydrogens (tertiary/aromatic N) is 2. The molecule has 0 atom stereocenters. The summed E-state index contributed by atoms with van der Waals surface area (Å²) in [5.74, 6) is 0.131. The number of amides is 1. The van der Waals surface area contributed by atoms with Gasteiger partial charge in [-0.2, -0.15) is 5.10 Å². The molecule has 3 aromatic rings. The van der Waals surface area contributed by atoms with Crippen molar-refractivity contribution in [1.82, 2.24) is 14.5 Å². The Morgan fingerprint density at radius 2 is 1.85 bits per heavy atom. The third-order valence-corrected chi connectivity index (χ3v) is 7.21. The van der Waals surface area contributed by atoms with Crippen LogP contribution in [-0.4, -0.2) is 37.8 Å². The van der Waals surface area contributed by atoms with Crippen molar-refractivity contribution in [3.8, 4) is 5.75 Å². The van der Waals surface area contributed by atoms with Crippen molar-refractivity contribution in [3.05, 3.63) is 80.2 Å². The molecule has 0 aliphatic carbocycles. The van der Waals surface area contributed by atoms with Gasteiger partial charge in [-0.15, -0.1) is 0 Å². The molecule has 0 aliphatic heterocycles. The average Bonchev–Trinajstić information content (AvgIpc) is 2.81. The monoisotopic (exact) mass is 524 g/mol. The summed E-state index contributed by atoms with van der Waals surface area (Å²) in [5.41, 5.74) is 1.00. The first kappa shape index (κ1) is 25.7. The number of anilines is 1. The fourth-order valence-corrected chi connectivity index (χ4v) is 4.63. The number of rotatable bonds is 9. The van der Waals surface area contributed by atoms with E-state index in [0.29, 0.717) is 12.0 Å². The largest absolute Gasteiger partial charge is 0.497 e. The number of ether oxygens (including phenoxy) is 1. The normalized spacial score (nSPS) is 11.3. The van der Waals surface area contributed by atoms with Gasteiger partial charge in [-0.05, 0) is 48.7 Å². The van der Waals surface area contributed by atoms with Crippen molar-refractivity contribution in [2.75, 3.05) is 19.0 Å². The number of carbonyl (C=O) groups is 1. The molecule has 180 valence electrons. The molecule has 34 heavy (non-hydrogen) atoms. The van der Waals surface area contributed by atoms with Crippen LogP contribution in [0.25, 0.3) is 0 Å². The van der Waals surface area contributed by atoms with Crippen LogP contribution in [0.4, 0.5) is 5.69 Å². The first-order chi connectivity index (χ1) is 16.1. The predicted octanol–water partition coefficient (Wildman–Crippen LogP) is 3.03. The third-order valence-electron chi connectivity index (χ3n) is 4.86. The zero-order chi connectivity index (χ0) is 24.9. The minimum absolute atomic E-state index is 0.0174. The van der Waals surface area contributed by atoms with Crippen LogP contribution in [0.1, 0.15) is 11.1 Å². The van der Waals surface area contributed by atoms with Crippen LogP contribution in [0.5, 0.6) is 5.75 Å². The summed E-state index contributed by atoms with van der Waals surface area (Å²) < 4.78 is 34.3. The minimum atomic E-state index is -3.83. The Morgan fingerprint density at radius 1 is 1.15 bits per heavy atom. The third kappa shape index (κ3) is 6.35. The van der Waals surface area contributed by atoms with Crippen molar-refractivity contribution in [1.29, 1.82) is 0 Å². The number of benzene rings is 2. The van der Waals surface area contributed by atoms with Crippen LogP contribution in [0.15, 0.2) is 58.4 Å². The van der Waals surface area contributed by atoms with Crippen LogP contribution in [-0.2, 0) is 27.8 Å². The van der Waals surface area contributed by atoms with Gasteiger partial charge in [0.05, 0.1) is 23.2 Å². The summed E-state index contributed by atoms with van der Waals surface area (Å²) in [5, 5.41) is 6.08. The molecule has 0 bridgehead atoms. The first-order valence-corrected chi connectivity index (χ1v) is 12.3. The molecule has 0 aliphatic rings. The van der Waals surface area contributed by atoms with E-state index in [1.807, 2.05) is 24.3 Å². The SMILES string of the molecule is COc1ccc(CCNS(=O)(=O)c2cc(NC(=O)Cn3ncc(Cl)c(Cl)c3=O)ccc2C)cc1. The Labute approximate surface area is 206 Å². The summed E-state index contributed by atoms with van der Waals surface area (Å²) in [7, 11) is -2.26. The molecule has 0 unspecified atom stereocenters. The molecule has 3 rings (SSSR count). The topological polar surface area (TPSA) is 119 Å². The summed E-state index contributed by atoms with van der Waals surface area (Å²) in [6, 6.07) is 11.8. The fourth-order valence-electron chi connectivity index (χ4n) is 3.06. The van der Waals surface area contributed by atoms with Gasteiger partial charge in [0.15, 0.2) is 0 Å². The molecule has 12 heteroatoms. The van der Waals surface area contributed by atoms with E-state index >= 15 is 0 Å². The number of halogens is 2. The Hall–Kier alpha value is -2.92. The Balaban J connectivity index is 1.67. The molecule has 0 radical (unpaired) electrons. The number of methoxy groups -OCH3 is 1. The number of aryl methyl sites for hydroxylation is 1. The molecule has 1 heterocycles. The number of carbonyl (C=O) groups excluding carboxylic acids is 1. The molecule has 0 saturated carbocycles. The molecule has 1 aromatic heterocycles. The van der Waals surface area contributed by atoms with Crippen molar-refractivity contribution in [2.45, 2.75) is 24.8 Å². The van der Waals surface area contributed by atoms with E-state index in [2.05, 4.69) is 15.1 Å². The van der Waals surface area contributed by atoms with Crippen LogP contribution < -0.4 is 20.3 Å². The van der Waals surface area contributed by atoms with Gasteiger partial charge in [0, 0.05) is 12.2 Å². The highest BCUT2D eigenvalue weighted by Gasteiger charge is 2.18. The van der Waals surface area contributed by atoms with Crippen molar-refractivity contribution < 1.29 is 17.9 Å². The Kier molecular flexibility index (Phi) is 8.32. The second kappa shape index (κ2) is 11.0. The maximum absolute atomic E-state index is 12.9. The standard InChI is InChI=1S/C22H22Cl2N4O5S/c1-14-3-6-16(27-20(29)13-28-22(30)21(24)18(23)12-25-28)11-19(14)34(31,32)26-10-9-15-4-7-17(33-2)8-5-15/h3-8,11-12,26H,9-10,13H2,1-2H3,(H,27,29). The lowest BCUT2D eigenvalue weighted by atomic mass is 10.1. The van der Waals surface area contributed by atoms with E-state index in [1.54, 1.807) is 26.2 Å². The van der Waals surface area contributed by atoms with E-state index in [4.69, 9.17) is 27.9 Å². The first-order valence-electron chi connectivity index (χ1n) is 10.0. The number of hydrogen-bond donors (Lipinski definition) is 2. The van der Waals surface area contributed by atoms with Crippen LogP contribution in [0, 0.1) is 6.92 Å². The van der Waals surface area contributed by atoms with Gasteiger partial charge in [-0.1, -0.05) is 41.4 Å². The van der Waals surface area contributed by atoms with E-state index in [0.717, 1.165) is 22.2 Å². The number of aromatic nitrogens is 2. The Morgan fingerprint density at radius 3 is 2.53 bits per heavy atom. The highest BCUT2D eigenvalue weighted by Crippen LogP contribution is 2.21. The van der Waals surface area contributed by atoms with Crippen LogP contribution in [0.2, 0.25) is 10.0 Å². The lowest BCUT2D eigenvalue weighted by Crippen LogP contribution is -2.30. The Bertz CT molecular complexity index is 1360. The van der Waals surface area contributed by atoms with Crippen molar-refractivity contribution in [2.24, 2.45) is 0 Å². The van der Waals surface area contributed by atoms with Crippen molar-refractivity contribution in [3.63, 3.8) is 0 Å². The van der Waals surface area contributed by atoms with Gasteiger partial charge in [0.2, 0.25) is 15.9 Å². The van der Waals surface area contributed by atoms with E-state index < -0.39 is 28.0 Å². The minimum Gasteiger partial charge on any atom is -0.497 e. The fraction of sp³-hybridized carbons (Fsp3) is 0.227. The molecule has 0 fully saturated rings. The molecule has 1 amide bonds. The molecule has 0 spiro atoms.